The fourth-order valence-electron chi connectivity index (χ4n) is 3.52. The third kappa shape index (κ3) is 3.04. The maximum Gasteiger partial charge on any atom is 0.243 e. The van der Waals surface area contributed by atoms with Crippen molar-refractivity contribution in [3.63, 3.8) is 0 Å². The lowest BCUT2D eigenvalue weighted by Crippen LogP contribution is -2.44. The molecular weight excluding hydrogens is 254 g/mol. The molecule has 2 fully saturated rings. The van der Waals surface area contributed by atoms with Crippen molar-refractivity contribution in [2.24, 2.45) is 5.92 Å². The summed E-state index contributed by atoms with van der Waals surface area (Å²) in [4.78, 5) is 4.54. The van der Waals surface area contributed by atoms with Gasteiger partial charge in [0.1, 0.15) is 0 Å². The Labute approximate surface area is 120 Å². The summed E-state index contributed by atoms with van der Waals surface area (Å²) in [5, 5.41) is 7.80. The first kappa shape index (κ1) is 14.0. The van der Waals surface area contributed by atoms with Crippen molar-refractivity contribution in [1.82, 2.24) is 15.5 Å². The van der Waals surface area contributed by atoms with Crippen LogP contribution < -0.4 is 5.32 Å². The van der Waals surface area contributed by atoms with E-state index >= 15 is 0 Å². The van der Waals surface area contributed by atoms with E-state index in [2.05, 4.69) is 15.5 Å². The predicted octanol–water partition coefficient (Wildman–Crippen LogP) is 2.63. The lowest BCUT2D eigenvalue weighted by atomic mass is 9.78. The van der Waals surface area contributed by atoms with Crippen LogP contribution in [0, 0.1) is 5.92 Å². The number of aromatic nitrogens is 2. The van der Waals surface area contributed by atoms with Crippen molar-refractivity contribution in [3.05, 3.63) is 11.7 Å². The number of nitrogens with zero attached hydrogens (tertiary/aromatic N) is 2. The molecule has 4 unspecified atom stereocenters. The summed E-state index contributed by atoms with van der Waals surface area (Å²) >= 11 is 0. The maximum absolute atomic E-state index is 5.45. The molecule has 0 bridgehead atoms. The molecule has 5 nitrogen and oxygen atoms in total. The summed E-state index contributed by atoms with van der Waals surface area (Å²) < 4.78 is 10.7. The number of hydrogen-bond acceptors (Lipinski definition) is 5. The number of ether oxygens (including phenoxy) is 1. The lowest BCUT2D eigenvalue weighted by molar-refractivity contribution is 0.116. The normalized spacial score (nSPS) is 31.8. The molecule has 2 aliphatic rings. The Balaban J connectivity index is 1.61. The molecule has 20 heavy (non-hydrogen) atoms. The minimum Gasteiger partial charge on any atom is -0.381 e. The molecular formula is C15H25N3O2. The molecule has 1 aromatic heterocycles. The van der Waals surface area contributed by atoms with Crippen LogP contribution in [0.15, 0.2) is 4.52 Å². The topological polar surface area (TPSA) is 60.2 Å². The highest BCUT2D eigenvalue weighted by molar-refractivity contribution is 4.99. The molecule has 3 rings (SSSR count). The average Bonchev–Trinajstić information content (AvgIpc) is 2.95. The van der Waals surface area contributed by atoms with E-state index in [-0.39, 0.29) is 12.1 Å². The molecule has 1 N–H and O–H groups in total. The Morgan fingerprint density at radius 1 is 1.30 bits per heavy atom. The zero-order valence-electron chi connectivity index (χ0n) is 12.5. The van der Waals surface area contributed by atoms with E-state index in [1.165, 1.54) is 32.1 Å². The lowest BCUT2D eigenvalue weighted by Gasteiger charge is -2.39. The molecule has 1 aliphatic heterocycles. The first-order valence-corrected chi connectivity index (χ1v) is 7.87. The Morgan fingerprint density at radius 2 is 2.15 bits per heavy atom. The highest BCUT2D eigenvalue weighted by Crippen LogP contribution is 2.36. The van der Waals surface area contributed by atoms with E-state index in [4.69, 9.17) is 9.26 Å². The summed E-state index contributed by atoms with van der Waals surface area (Å²) in [6.07, 6.45) is 8.65. The minimum absolute atomic E-state index is 0.127. The number of rotatable bonds is 4. The second kappa shape index (κ2) is 6.22. The van der Waals surface area contributed by atoms with Crippen LogP contribution in [0.2, 0.25) is 0 Å². The van der Waals surface area contributed by atoms with E-state index in [9.17, 15) is 0 Å². The first-order valence-electron chi connectivity index (χ1n) is 7.87. The van der Waals surface area contributed by atoms with Crippen LogP contribution in [0.1, 0.15) is 63.2 Å². The monoisotopic (exact) mass is 279 g/mol. The SMILES string of the molecule is COC(C)Cc1noc(C2CCC3CCCCC3N2)n1. The molecule has 1 saturated carbocycles. The van der Waals surface area contributed by atoms with Crippen molar-refractivity contribution in [2.75, 3.05) is 7.11 Å². The summed E-state index contributed by atoms with van der Waals surface area (Å²) in [5.41, 5.74) is 0. The number of nitrogens with one attached hydrogen (secondary N) is 1. The third-order valence-electron chi connectivity index (χ3n) is 4.80. The highest BCUT2D eigenvalue weighted by Gasteiger charge is 2.34. The summed E-state index contributed by atoms with van der Waals surface area (Å²) in [7, 11) is 1.71. The van der Waals surface area contributed by atoms with Gasteiger partial charge in [-0.15, -0.1) is 0 Å². The van der Waals surface area contributed by atoms with Gasteiger partial charge in [-0.1, -0.05) is 18.0 Å². The van der Waals surface area contributed by atoms with Gasteiger partial charge in [-0.3, -0.25) is 0 Å². The van der Waals surface area contributed by atoms with Crippen LogP contribution in [-0.2, 0) is 11.2 Å². The van der Waals surface area contributed by atoms with E-state index in [1.54, 1.807) is 7.11 Å². The standard InChI is InChI=1S/C15H25N3O2/c1-10(19-2)9-14-17-15(20-18-14)13-8-7-11-5-3-4-6-12(11)16-13/h10-13,16H,3-9H2,1-2H3. The molecule has 5 heteroatoms. The fraction of sp³-hybridized carbons (Fsp3) is 0.867. The zero-order chi connectivity index (χ0) is 13.9. The Morgan fingerprint density at radius 3 is 3.00 bits per heavy atom. The van der Waals surface area contributed by atoms with E-state index < -0.39 is 0 Å². The van der Waals surface area contributed by atoms with Crippen LogP contribution in [0.3, 0.4) is 0 Å². The largest absolute Gasteiger partial charge is 0.381 e. The number of fused-ring (bicyclic) bond motifs is 1. The molecule has 1 aliphatic carbocycles. The van der Waals surface area contributed by atoms with Crippen LogP contribution in [0.25, 0.3) is 0 Å². The van der Waals surface area contributed by atoms with Crippen LogP contribution in [-0.4, -0.2) is 29.4 Å². The molecule has 1 aromatic rings. The van der Waals surface area contributed by atoms with Gasteiger partial charge in [0, 0.05) is 19.6 Å². The fourth-order valence-corrected chi connectivity index (χ4v) is 3.52. The average molecular weight is 279 g/mol. The van der Waals surface area contributed by atoms with Crippen molar-refractivity contribution < 1.29 is 9.26 Å². The van der Waals surface area contributed by atoms with Gasteiger partial charge in [-0.2, -0.15) is 4.98 Å². The summed E-state index contributed by atoms with van der Waals surface area (Å²) in [5.74, 6) is 2.37. The van der Waals surface area contributed by atoms with Gasteiger partial charge in [0.2, 0.25) is 5.89 Å². The molecule has 0 amide bonds. The minimum atomic E-state index is 0.127. The van der Waals surface area contributed by atoms with Gasteiger partial charge in [-0.05, 0) is 38.5 Å². The van der Waals surface area contributed by atoms with Gasteiger partial charge in [0.05, 0.1) is 12.1 Å². The molecule has 4 atom stereocenters. The Hall–Kier alpha value is -0.940. The first-order chi connectivity index (χ1) is 9.76. The quantitative estimate of drug-likeness (QED) is 0.918. The van der Waals surface area contributed by atoms with Crippen molar-refractivity contribution in [2.45, 2.75) is 70.1 Å². The second-order valence-electron chi connectivity index (χ2n) is 6.25. The number of methoxy groups -OCH3 is 1. The third-order valence-corrected chi connectivity index (χ3v) is 4.80. The highest BCUT2D eigenvalue weighted by atomic mass is 16.5. The van der Waals surface area contributed by atoms with Gasteiger partial charge in [0.25, 0.3) is 0 Å². The molecule has 2 heterocycles. The molecule has 1 saturated heterocycles. The van der Waals surface area contributed by atoms with Crippen molar-refractivity contribution >= 4 is 0 Å². The molecule has 0 radical (unpaired) electrons. The maximum atomic E-state index is 5.45. The van der Waals surface area contributed by atoms with Crippen molar-refractivity contribution in [3.8, 4) is 0 Å². The van der Waals surface area contributed by atoms with E-state index in [0.717, 1.165) is 24.1 Å². The summed E-state index contributed by atoms with van der Waals surface area (Å²) in [6.45, 7) is 2.02. The number of hydrogen-bond donors (Lipinski definition) is 1. The number of piperidine rings is 1. The predicted molar refractivity (Wildman–Crippen MR) is 75.3 cm³/mol. The van der Waals surface area contributed by atoms with Crippen LogP contribution >= 0.6 is 0 Å². The van der Waals surface area contributed by atoms with Gasteiger partial charge < -0.3 is 14.6 Å². The smallest absolute Gasteiger partial charge is 0.243 e. The van der Waals surface area contributed by atoms with E-state index in [0.29, 0.717) is 12.5 Å². The molecule has 112 valence electrons. The Bertz CT molecular complexity index is 435. The van der Waals surface area contributed by atoms with Crippen LogP contribution in [0.5, 0.6) is 0 Å². The summed E-state index contributed by atoms with van der Waals surface area (Å²) in [6, 6.07) is 0.893. The van der Waals surface area contributed by atoms with Gasteiger partial charge in [0.15, 0.2) is 5.82 Å². The molecule has 0 aromatic carbocycles. The molecule has 0 spiro atoms. The van der Waals surface area contributed by atoms with Crippen molar-refractivity contribution in [1.29, 1.82) is 0 Å². The Kier molecular flexibility index (Phi) is 4.36. The van der Waals surface area contributed by atoms with Crippen LogP contribution in [0.4, 0.5) is 0 Å². The van der Waals surface area contributed by atoms with Gasteiger partial charge >= 0.3 is 0 Å². The zero-order valence-corrected chi connectivity index (χ0v) is 12.5. The van der Waals surface area contributed by atoms with Gasteiger partial charge in [-0.25, -0.2) is 0 Å². The second-order valence-corrected chi connectivity index (χ2v) is 6.25. The van der Waals surface area contributed by atoms with E-state index in [1.807, 2.05) is 6.92 Å².